The monoisotopic (exact) mass is 168 g/mol. The van der Waals surface area contributed by atoms with Crippen LogP contribution >= 0.6 is 0 Å². The minimum atomic E-state index is -0.792. The van der Waals surface area contributed by atoms with Crippen LogP contribution in [0.1, 0.15) is 34.5 Å². The Bertz CT molecular complexity index is 133. The summed E-state index contributed by atoms with van der Waals surface area (Å²) in [6.45, 7) is 3.76. The molecule has 0 rings (SSSR count). The molecule has 0 heterocycles. The van der Waals surface area contributed by atoms with Crippen LogP contribution in [0.5, 0.6) is 0 Å². The number of aliphatic carboxylic acids is 1. The quantitative estimate of drug-likeness (QED) is 0.485. The molecule has 0 aliphatic rings. The standard InChI is InChI=1S/C8H16O3.Li.H/c1-3-7(9)6(2)4-5-8(10)11;;/h6-7,9H,3-5H2,1-2H3,(H,10,11);;/q;+1;-1. The van der Waals surface area contributed by atoms with Gasteiger partial charge < -0.3 is 11.6 Å². The molecule has 0 saturated heterocycles. The minimum Gasteiger partial charge on any atom is -1.00 e. The third kappa shape index (κ3) is 6.72. The van der Waals surface area contributed by atoms with E-state index in [1.54, 1.807) is 0 Å². The van der Waals surface area contributed by atoms with Crippen molar-refractivity contribution >= 4 is 5.97 Å². The zero-order valence-corrected chi connectivity index (χ0v) is 8.08. The van der Waals surface area contributed by atoms with Gasteiger partial charge in [0, 0.05) is 6.42 Å². The van der Waals surface area contributed by atoms with Crippen molar-refractivity contribution in [3.8, 4) is 0 Å². The third-order valence-corrected chi connectivity index (χ3v) is 1.89. The van der Waals surface area contributed by atoms with E-state index in [-0.39, 0.29) is 38.7 Å². The number of rotatable bonds is 5. The number of hydrogen-bond donors (Lipinski definition) is 2. The molecule has 0 radical (unpaired) electrons. The van der Waals surface area contributed by atoms with Crippen LogP contribution in [0.4, 0.5) is 0 Å². The number of aliphatic hydroxyl groups excluding tert-OH is 1. The van der Waals surface area contributed by atoms with E-state index in [2.05, 4.69) is 0 Å². The van der Waals surface area contributed by atoms with Crippen LogP contribution in [0.25, 0.3) is 0 Å². The van der Waals surface area contributed by atoms with E-state index in [0.717, 1.165) is 0 Å². The molecular formula is C8H17LiO3. The van der Waals surface area contributed by atoms with Crippen LogP contribution < -0.4 is 18.9 Å². The van der Waals surface area contributed by atoms with Crippen molar-refractivity contribution in [1.82, 2.24) is 0 Å². The van der Waals surface area contributed by atoms with Crippen molar-refractivity contribution in [3.05, 3.63) is 0 Å². The Kier molecular flexibility index (Phi) is 9.29. The van der Waals surface area contributed by atoms with E-state index in [9.17, 15) is 9.90 Å². The first-order valence-corrected chi connectivity index (χ1v) is 3.97. The fourth-order valence-corrected chi connectivity index (χ4v) is 0.946. The molecule has 0 bridgehead atoms. The predicted molar refractivity (Wildman–Crippen MR) is 43.4 cm³/mol. The molecule has 4 heteroatoms. The minimum absolute atomic E-state index is 0. The summed E-state index contributed by atoms with van der Waals surface area (Å²) in [5.74, 6) is -0.698. The van der Waals surface area contributed by atoms with Gasteiger partial charge in [0.1, 0.15) is 0 Å². The van der Waals surface area contributed by atoms with Gasteiger partial charge in [0.05, 0.1) is 6.10 Å². The van der Waals surface area contributed by atoms with Gasteiger partial charge in [0.25, 0.3) is 0 Å². The average Bonchev–Trinajstić information content (AvgIpc) is 1.98. The molecule has 2 N–H and O–H groups in total. The largest absolute Gasteiger partial charge is 1.00 e. The Hall–Kier alpha value is 0.0274. The molecule has 0 spiro atoms. The Labute approximate surface area is 86.8 Å². The molecule has 68 valence electrons. The van der Waals surface area contributed by atoms with Crippen LogP contribution in [0.3, 0.4) is 0 Å². The van der Waals surface area contributed by atoms with E-state index in [1.165, 1.54) is 0 Å². The summed E-state index contributed by atoms with van der Waals surface area (Å²) in [5, 5.41) is 17.6. The molecule has 0 aromatic rings. The molecule has 3 nitrogen and oxygen atoms in total. The maximum absolute atomic E-state index is 10.1. The van der Waals surface area contributed by atoms with Gasteiger partial charge in [-0.15, -0.1) is 0 Å². The fourth-order valence-electron chi connectivity index (χ4n) is 0.946. The van der Waals surface area contributed by atoms with Gasteiger partial charge in [0.15, 0.2) is 0 Å². The SMILES string of the molecule is CCC(O)C(C)CCC(=O)O.[H-].[Li+]. The second-order valence-corrected chi connectivity index (χ2v) is 2.89. The molecule has 12 heavy (non-hydrogen) atoms. The van der Waals surface area contributed by atoms with E-state index in [0.29, 0.717) is 12.8 Å². The second-order valence-electron chi connectivity index (χ2n) is 2.89. The molecule has 0 fully saturated rings. The molecule has 0 amide bonds. The van der Waals surface area contributed by atoms with Crippen LogP contribution in [0.2, 0.25) is 0 Å². The van der Waals surface area contributed by atoms with Gasteiger partial charge in [-0.1, -0.05) is 13.8 Å². The van der Waals surface area contributed by atoms with Gasteiger partial charge in [-0.05, 0) is 18.8 Å². The van der Waals surface area contributed by atoms with Gasteiger partial charge in [-0.25, -0.2) is 0 Å². The Morgan fingerprint density at radius 2 is 2.08 bits per heavy atom. The van der Waals surface area contributed by atoms with Gasteiger partial charge in [-0.3, -0.25) is 4.79 Å². The molecule has 0 aromatic heterocycles. The maximum atomic E-state index is 10.1. The zero-order chi connectivity index (χ0) is 8.85. The van der Waals surface area contributed by atoms with Crippen LogP contribution in [-0.2, 0) is 4.79 Å². The number of carbonyl (C=O) groups is 1. The Morgan fingerprint density at radius 1 is 1.58 bits per heavy atom. The van der Waals surface area contributed by atoms with Crippen LogP contribution in [0, 0.1) is 5.92 Å². The van der Waals surface area contributed by atoms with Crippen molar-refractivity contribution in [3.63, 3.8) is 0 Å². The number of hydrogen-bond acceptors (Lipinski definition) is 2. The number of carboxylic acids is 1. The normalized spacial score (nSPS) is 14.6. The summed E-state index contributed by atoms with van der Waals surface area (Å²) < 4.78 is 0. The first-order chi connectivity index (χ1) is 5.07. The molecule has 2 atom stereocenters. The molecular weight excluding hydrogens is 151 g/mol. The predicted octanol–water partition coefficient (Wildman–Crippen LogP) is -1.63. The summed E-state index contributed by atoms with van der Waals surface area (Å²) in [5.41, 5.74) is 0. The van der Waals surface area contributed by atoms with Crippen molar-refractivity contribution in [2.45, 2.75) is 39.2 Å². The van der Waals surface area contributed by atoms with Gasteiger partial charge >= 0.3 is 24.8 Å². The molecule has 0 aliphatic carbocycles. The van der Waals surface area contributed by atoms with E-state index in [4.69, 9.17) is 5.11 Å². The van der Waals surface area contributed by atoms with E-state index in [1.807, 2.05) is 13.8 Å². The van der Waals surface area contributed by atoms with Crippen molar-refractivity contribution in [2.75, 3.05) is 0 Å². The molecule has 2 unspecified atom stereocenters. The Balaban J connectivity index is -0.000000500. The second kappa shape index (κ2) is 7.66. The summed E-state index contributed by atoms with van der Waals surface area (Å²) in [6.07, 6.45) is 1.05. The van der Waals surface area contributed by atoms with E-state index >= 15 is 0 Å². The van der Waals surface area contributed by atoms with Crippen LogP contribution in [0.15, 0.2) is 0 Å². The van der Waals surface area contributed by atoms with Crippen molar-refractivity contribution < 1.29 is 35.3 Å². The molecule has 0 aromatic carbocycles. The van der Waals surface area contributed by atoms with Crippen molar-refractivity contribution in [2.24, 2.45) is 5.92 Å². The summed E-state index contributed by atoms with van der Waals surface area (Å²) in [4.78, 5) is 10.1. The summed E-state index contributed by atoms with van der Waals surface area (Å²) >= 11 is 0. The summed E-state index contributed by atoms with van der Waals surface area (Å²) in [6, 6.07) is 0. The Morgan fingerprint density at radius 3 is 2.42 bits per heavy atom. The average molecular weight is 168 g/mol. The summed E-state index contributed by atoms with van der Waals surface area (Å²) in [7, 11) is 0. The first-order valence-electron chi connectivity index (χ1n) is 3.97. The van der Waals surface area contributed by atoms with Crippen LogP contribution in [-0.4, -0.2) is 22.3 Å². The van der Waals surface area contributed by atoms with E-state index < -0.39 is 5.97 Å². The fraction of sp³-hybridized carbons (Fsp3) is 0.875. The van der Waals surface area contributed by atoms with Gasteiger partial charge in [0.2, 0.25) is 0 Å². The maximum Gasteiger partial charge on any atom is 1.00 e. The molecule has 0 saturated carbocycles. The zero-order valence-electron chi connectivity index (χ0n) is 9.08. The number of carboxylic acid groups (broad SMARTS) is 1. The van der Waals surface area contributed by atoms with Gasteiger partial charge in [-0.2, -0.15) is 0 Å². The molecule has 0 aliphatic heterocycles. The third-order valence-electron chi connectivity index (χ3n) is 1.89. The van der Waals surface area contributed by atoms with Crippen molar-refractivity contribution in [1.29, 1.82) is 0 Å². The first kappa shape index (κ1) is 14.5. The smallest absolute Gasteiger partial charge is 1.00 e. The topological polar surface area (TPSA) is 57.5 Å². The number of aliphatic hydroxyl groups is 1.